The standard InChI is InChI=1S/C16H21ClN4O3.ClH/c17-11-4-5-12(16(24)21-6-2-1-3-7-21)13(8-11)20-15(23)10-19-14(22)9-18;/h4-5,8H,1-3,6-7,9-10,18H2,(H,19,22)(H,20,23);1H. The van der Waals surface area contributed by atoms with E-state index in [2.05, 4.69) is 10.6 Å². The molecule has 4 N–H and O–H groups in total. The fraction of sp³-hybridized carbons (Fsp3) is 0.438. The van der Waals surface area contributed by atoms with Crippen LogP contribution in [0.2, 0.25) is 5.02 Å². The number of nitrogens with two attached hydrogens (primary N) is 1. The van der Waals surface area contributed by atoms with E-state index in [4.69, 9.17) is 17.3 Å². The molecule has 3 amide bonds. The summed E-state index contributed by atoms with van der Waals surface area (Å²) >= 11 is 5.98. The molecule has 1 aromatic rings. The molecule has 1 heterocycles. The van der Waals surface area contributed by atoms with Gasteiger partial charge in [0, 0.05) is 18.1 Å². The van der Waals surface area contributed by atoms with Gasteiger partial charge in [-0.05, 0) is 37.5 Å². The molecule has 0 atom stereocenters. The lowest BCUT2D eigenvalue weighted by molar-refractivity contribution is -0.123. The first-order chi connectivity index (χ1) is 11.5. The molecule has 9 heteroatoms. The van der Waals surface area contributed by atoms with Gasteiger partial charge in [-0.15, -0.1) is 12.4 Å². The molecule has 1 aromatic carbocycles. The maximum atomic E-state index is 12.7. The largest absolute Gasteiger partial charge is 0.346 e. The van der Waals surface area contributed by atoms with Gasteiger partial charge < -0.3 is 21.3 Å². The van der Waals surface area contributed by atoms with Crippen LogP contribution in [-0.4, -0.2) is 48.8 Å². The van der Waals surface area contributed by atoms with Crippen LogP contribution < -0.4 is 16.4 Å². The number of anilines is 1. The number of hydrogen-bond acceptors (Lipinski definition) is 4. The van der Waals surface area contributed by atoms with Crippen molar-refractivity contribution in [2.45, 2.75) is 19.3 Å². The Kier molecular flexibility index (Phi) is 8.68. The maximum Gasteiger partial charge on any atom is 0.255 e. The number of carbonyl (C=O) groups excluding carboxylic acids is 3. The van der Waals surface area contributed by atoms with E-state index in [0.29, 0.717) is 29.4 Å². The first kappa shape index (κ1) is 21.2. The third-order valence-electron chi connectivity index (χ3n) is 3.76. The zero-order chi connectivity index (χ0) is 17.5. The van der Waals surface area contributed by atoms with Crippen molar-refractivity contribution in [2.24, 2.45) is 5.73 Å². The Hall–Kier alpha value is -1.83. The molecule has 1 aliphatic heterocycles. The van der Waals surface area contributed by atoms with Crippen LogP contribution in [0, 0.1) is 0 Å². The SMILES string of the molecule is Cl.NCC(=O)NCC(=O)Nc1cc(Cl)ccc1C(=O)N1CCCCC1. The van der Waals surface area contributed by atoms with Gasteiger partial charge in [0.15, 0.2) is 0 Å². The molecule has 0 saturated carbocycles. The summed E-state index contributed by atoms with van der Waals surface area (Å²) in [5.74, 6) is -1.01. The highest BCUT2D eigenvalue weighted by atomic mass is 35.5. The second-order valence-corrected chi connectivity index (χ2v) is 6.01. The number of rotatable bonds is 5. The third kappa shape index (κ3) is 6.19. The molecule has 138 valence electrons. The van der Waals surface area contributed by atoms with Crippen molar-refractivity contribution in [1.82, 2.24) is 10.2 Å². The number of likely N-dealkylation sites (tertiary alicyclic amines) is 1. The third-order valence-corrected chi connectivity index (χ3v) is 4.00. The van der Waals surface area contributed by atoms with Gasteiger partial charge in [0.2, 0.25) is 11.8 Å². The van der Waals surface area contributed by atoms with Gasteiger partial charge in [0.25, 0.3) is 5.91 Å². The summed E-state index contributed by atoms with van der Waals surface area (Å²) in [6, 6.07) is 4.75. The van der Waals surface area contributed by atoms with E-state index < -0.39 is 11.8 Å². The number of halogens is 2. The van der Waals surface area contributed by atoms with E-state index in [1.54, 1.807) is 17.0 Å². The van der Waals surface area contributed by atoms with Crippen LogP contribution in [0.5, 0.6) is 0 Å². The molecule has 1 saturated heterocycles. The number of carbonyl (C=O) groups is 3. The average molecular weight is 389 g/mol. The van der Waals surface area contributed by atoms with Crippen molar-refractivity contribution in [3.63, 3.8) is 0 Å². The molecule has 0 bridgehead atoms. The van der Waals surface area contributed by atoms with Crippen molar-refractivity contribution in [3.8, 4) is 0 Å². The lowest BCUT2D eigenvalue weighted by Crippen LogP contribution is -2.38. The predicted molar refractivity (Wildman–Crippen MR) is 99.1 cm³/mol. The van der Waals surface area contributed by atoms with Gasteiger partial charge in [-0.1, -0.05) is 11.6 Å². The van der Waals surface area contributed by atoms with Gasteiger partial charge in [0.1, 0.15) is 0 Å². The Balaban J connectivity index is 0.00000312. The number of piperidine rings is 1. The molecular formula is C16H22Cl2N4O3. The van der Waals surface area contributed by atoms with Gasteiger partial charge >= 0.3 is 0 Å². The van der Waals surface area contributed by atoms with Crippen LogP contribution in [0.1, 0.15) is 29.6 Å². The van der Waals surface area contributed by atoms with Crippen LogP contribution in [0.15, 0.2) is 18.2 Å². The lowest BCUT2D eigenvalue weighted by atomic mass is 10.1. The number of nitrogens with zero attached hydrogens (tertiary/aromatic N) is 1. The van der Waals surface area contributed by atoms with Crippen molar-refractivity contribution in [1.29, 1.82) is 0 Å². The Morgan fingerprint density at radius 2 is 1.80 bits per heavy atom. The first-order valence-corrected chi connectivity index (χ1v) is 8.24. The monoisotopic (exact) mass is 388 g/mol. The van der Waals surface area contributed by atoms with Crippen LogP contribution in [0.25, 0.3) is 0 Å². The molecule has 1 aliphatic rings. The Morgan fingerprint density at radius 1 is 1.12 bits per heavy atom. The molecule has 7 nitrogen and oxygen atoms in total. The molecule has 0 radical (unpaired) electrons. The van der Waals surface area contributed by atoms with E-state index in [1.165, 1.54) is 6.07 Å². The van der Waals surface area contributed by atoms with Crippen molar-refractivity contribution in [2.75, 3.05) is 31.5 Å². The minimum Gasteiger partial charge on any atom is -0.346 e. The van der Waals surface area contributed by atoms with Gasteiger partial charge in [-0.3, -0.25) is 14.4 Å². The van der Waals surface area contributed by atoms with Crippen molar-refractivity contribution < 1.29 is 14.4 Å². The van der Waals surface area contributed by atoms with Crippen molar-refractivity contribution in [3.05, 3.63) is 28.8 Å². The molecule has 0 spiro atoms. The predicted octanol–water partition coefficient (Wildman–Crippen LogP) is 1.40. The van der Waals surface area contributed by atoms with Crippen LogP contribution in [-0.2, 0) is 9.59 Å². The van der Waals surface area contributed by atoms with E-state index in [-0.39, 0.29) is 31.4 Å². The summed E-state index contributed by atoms with van der Waals surface area (Å²) in [7, 11) is 0. The highest BCUT2D eigenvalue weighted by molar-refractivity contribution is 6.31. The van der Waals surface area contributed by atoms with E-state index >= 15 is 0 Å². The van der Waals surface area contributed by atoms with Crippen LogP contribution in [0.4, 0.5) is 5.69 Å². The Bertz CT molecular complexity index is 634. The summed E-state index contributed by atoms with van der Waals surface area (Å²) in [4.78, 5) is 37.5. The molecule has 0 aliphatic carbocycles. The fourth-order valence-electron chi connectivity index (χ4n) is 2.52. The number of amides is 3. The fourth-order valence-corrected chi connectivity index (χ4v) is 2.69. The van der Waals surface area contributed by atoms with Crippen LogP contribution >= 0.6 is 24.0 Å². The molecule has 25 heavy (non-hydrogen) atoms. The molecular weight excluding hydrogens is 367 g/mol. The first-order valence-electron chi connectivity index (χ1n) is 7.86. The Morgan fingerprint density at radius 3 is 2.44 bits per heavy atom. The number of nitrogens with one attached hydrogen (secondary N) is 2. The normalized spacial score (nSPS) is 13.6. The molecule has 2 rings (SSSR count). The minimum atomic E-state index is -0.452. The van der Waals surface area contributed by atoms with E-state index in [1.807, 2.05) is 0 Å². The summed E-state index contributed by atoms with van der Waals surface area (Å²) < 4.78 is 0. The second-order valence-electron chi connectivity index (χ2n) is 5.57. The number of hydrogen-bond donors (Lipinski definition) is 3. The highest BCUT2D eigenvalue weighted by Crippen LogP contribution is 2.24. The summed E-state index contributed by atoms with van der Waals surface area (Å²) in [6.07, 6.45) is 3.08. The van der Waals surface area contributed by atoms with Gasteiger partial charge in [0.05, 0.1) is 24.3 Å². The van der Waals surface area contributed by atoms with Crippen LogP contribution in [0.3, 0.4) is 0 Å². The average Bonchev–Trinajstić information content (AvgIpc) is 2.60. The Labute approximate surface area is 157 Å². The topological polar surface area (TPSA) is 105 Å². The summed E-state index contributed by atoms with van der Waals surface area (Å²) in [5.41, 5.74) is 5.89. The van der Waals surface area contributed by atoms with Crippen molar-refractivity contribution >= 4 is 47.4 Å². The molecule has 0 unspecified atom stereocenters. The summed E-state index contributed by atoms with van der Waals surface area (Å²) in [5, 5.41) is 5.41. The summed E-state index contributed by atoms with van der Waals surface area (Å²) in [6.45, 7) is 1.01. The lowest BCUT2D eigenvalue weighted by Gasteiger charge is -2.27. The second kappa shape index (κ2) is 10.2. The van der Waals surface area contributed by atoms with E-state index in [9.17, 15) is 14.4 Å². The zero-order valence-corrected chi connectivity index (χ0v) is 15.3. The quantitative estimate of drug-likeness (QED) is 0.708. The minimum absolute atomic E-state index is 0. The van der Waals surface area contributed by atoms with E-state index in [0.717, 1.165) is 19.3 Å². The maximum absolute atomic E-state index is 12.7. The van der Waals surface area contributed by atoms with Gasteiger partial charge in [-0.25, -0.2) is 0 Å². The highest BCUT2D eigenvalue weighted by Gasteiger charge is 2.21. The zero-order valence-electron chi connectivity index (χ0n) is 13.7. The molecule has 0 aromatic heterocycles. The number of benzene rings is 1. The van der Waals surface area contributed by atoms with Gasteiger partial charge in [-0.2, -0.15) is 0 Å². The molecule has 1 fully saturated rings. The smallest absolute Gasteiger partial charge is 0.255 e.